The Morgan fingerprint density at radius 1 is 1.17 bits per heavy atom. The van der Waals surface area contributed by atoms with Gasteiger partial charge in [0.15, 0.2) is 0 Å². The van der Waals surface area contributed by atoms with Crippen molar-refractivity contribution in [3.05, 3.63) is 21.4 Å². The molecular formula is C17H21N3O3S. The van der Waals surface area contributed by atoms with Crippen LogP contribution in [0.2, 0.25) is 0 Å². The first-order valence-corrected chi connectivity index (χ1v) is 9.43. The molecule has 4 rings (SSSR count). The molecule has 6 nitrogen and oxygen atoms in total. The lowest BCUT2D eigenvalue weighted by Gasteiger charge is -2.42. The molecule has 0 saturated carbocycles. The molecule has 2 aliphatic heterocycles. The molecule has 1 aromatic heterocycles. The zero-order valence-electron chi connectivity index (χ0n) is 13.5. The van der Waals surface area contributed by atoms with Crippen LogP contribution in [0.3, 0.4) is 0 Å². The molecular weight excluding hydrogens is 326 g/mol. The molecule has 2 saturated heterocycles. The van der Waals surface area contributed by atoms with Gasteiger partial charge >= 0.3 is 0 Å². The molecule has 3 amide bonds. The van der Waals surface area contributed by atoms with Gasteiger partial charge in [-0.3, -0.25) is 14.4 Å². The third-order valence-corrected chi connectivity index (χ3v) is 6.39. The average molecular weight is 347 g/mol. The molecule has 0 bridgehead atoms. The first kappa shape index (κ1) is 15.6. The highest BCUT2D eigenvalue weighted by Gasteiger charge is 2.40. The van der Waals surface area contributed by atoms with Crippen molar-refractivity contribution in [2.75, 3.05) is 26.2 Å². The lowest BCUT2D eigenvalue weighted by Crippen LogP contribution is -2.66. The van der Waals surface area contributed by atoms with Gasteiger partial charge in [0, 0.05) is 18.0 Å². The quantitative estimate of drug-likeness (QED) is 0.764. The summed E-state index contributed by atoms with van der Waals surface area (Å²) >= 11 is 1.61. The lowest BCUT2D eigenvalue weighted by molar-refractivity contribution is -0.148. The Labute approximate surface area is 144 Å². The molecule has 1 N–H and O–H groups in total. The van der Waals surface area contributed by atoms with Crippen LogP contribution in [0.4, 0.5) is 0 Å². The normalized spacial score (nSPS) is 24.1. The fourth-order valence-electron chi connectivity index (χ4n) is 3.80. The van der Waals surface area contributed by atoms with Crippen LogP contribution in [0.5, 0.6) is 0 Å². The molecule has 1 aliphatic carbocycles. The van der Waals surface area contributed by atoms with Crippen LogP contribution in [-0.2, 0) is 22.4 Å². The van der Waals surface area contributed by atoms with Gasteiger partial charge in [-0.2, -0.15) is 0 Å². The second kappa shape index (κ2) is 6.20. The second-order valence-electron chi connectivity index (χ2n) is 6.69. The highest BCUT2D eigenvalue weighted by molar-refractivity contribution is 7.14. The first-order chi connectivity index (χ1) is 11.6. The SMILES string of the molecule is O=C1NCC(=O)N2CCN(C(=O)c3cc4c(s3)CCCCC4)C[C@H]12. The van der Waals surface area contributed by atoms with Gasteiger partial charge in [0.2, 0.25) is 11.8 Å². The highest BCUT2D eigenvalue weighted by atomic mass is 32.1. The number of thiophene rings is 1. The van der Waals surface area contributed by atoms with E-state index in [1.54, 1.807) is 21.1 Å². The van der Waals surface area contributed by atoms with E-state index in [1.165, 1.54) is 29.7 Å². The van der Waals surface area contributed by atoms with E-state index < -0.39 is 6.04 Å². The average Bonchev–Trinajstić information content (AvgIpc) is 2.88. The smallest absolute Gasteiger partial charge is 0.264 e. The molecule has 0 radical (unpaired) electrons. The van der Waals surface area contributed by atoms with Crippen molar-refractivity contribution in [2.24, 2.45) is 0 Å². The molecule has 128 valence electrons. The predicted octanol–water partition coefficient (Wildman–Crippen LogP) is 0.800. The van der Waals surface area contributed by atoms with E-state index in [2.05, 4.69) is 5.32 Å². The molecule has 24 heavy (non-hydrogen) atoms. The maximum atomic E-state index is 12.9. The maximum absolute atomic E-state index is 12.9. The molecule has 3 aliphatic rings. The van der Waals surface area contributed by atoms with Gasteiger partial charge in [-0.05, 0) is 37.3 Å². The van der Waals surface area contributed by atoms with Crippen molar-refractivity contribution in [1.29, 1.82) is 0 Å². The maximum Gasteiger partial charge on any atom is 0.264 e. The van der Waals surface area contributed by atoms with E-state index in [0.29, 0.717) is 19.6 Å². The molecule has 0 aromatic carbocycles. The van der Waals surface area contributed by atoms with Crippen LogP contribution in [0.1, 0.15) is 39.4 Å². The molecule has 1 aromatic rings. The third kappa shape index (κ3) is 2.70. The summed E-state index contributed by atoms with van der Waals surface area (Å²) in [4.78, 5) is 42.3. The molecule has 0 spiro atoms. The zero-order valence-corrected chi connectivity index (χ0v) is 14.4. The number of nitrogens with zero attached hydrogens (tertiary/aromatic N) is 2. The fraction of sp³-hybridized carbons (Fsp3) is 0.588. The number of carbonyl (C=O) groups is 3. The molecule has 1 atom stereocenters. The number of piperazine rings is 2. The monoisotopic (exact) mass is 347 g/mol. The molecule has 7 heteroatoms. The van der Waals surface area contributed by atoms with Crippen LogP contribution >= 0.6 is 11.3 Å². The van der Waals surface area contributed by atoms with E-state index in [0.717, 1.165) is 17.7 Å². The lowest BCUT2D eigenvalue weighted by atomic mass is 10.1. The minimum atomic E-state index is -0.540. The van der Waals surface area contributed by atoms with E-state index in [-0.39, 0.29) is 24.3 Å². The summed E-state index contributed by atoms with van der Waals surface area (Å²) < 4.78 is 0. The van der Waals surface area contributed by atoms with Crippen molar-refractivity contribution in [1.82, 2.24) is 15.1 Å². The predicted molar refractivity (Wildman–Crippen MR) is 90.0 cm³/mol. The summed E-state index contributed by atoms with van der Waals surface area (Å²) in [6.45, 7) is 1.30. The Bertz CT molecular complexity index is 676. The Morgan fingerprint density at radius 2 is 2.00 bits per heavy atom. The van der Waals surface area contributed by atoms with Crippen molar-refractivity contribution in [3.63, 3.8) is 0 Å². The number of hydrogen-bond donors (Lipinski definition) is 1. The zero-order chi connectivity index (χ0) is 16.7. The number of fused-ring (bicyclic) bond motifs is 2. The number of nitrogens with one attached hydrogen (secondary N) is 1. The van der Waals surface area contributed by atoms with E-state index in [9.17, 15) is 14.4 Å². The van der Waals surface area contributed by atoms with Gasteiger partial charge in [0.1, 0.15) is 6.04 Å². The molecule has 0 unspecified atom stereocenters. The Hall–Kier alpha value is -1.89. The summed E-state index contributed by atoms with van der Waals surface area (Å²) in [7, 11) is 0. The van der Waals surface area contributed by atoms with Gasteiger partial charge in [-0.25, -0.2) is 0 Å². The van der Waals surface area contributed by atoms with Gasteiger partial charge in [-0.15, -0.1) is 11.3 Å². The van der Waals surface area contributed by atoms with Crippen molar-refractivity contribution in [2.45, 2.75) is 38.1 Å². The second-order valence-corrected chi connectivity index (χ2v) is 7.83. The van der Waals surface area contributed by atoms with Crippen LogP contribution in [-0.4, -0.2) is 59.7 Å². The Morgan fingerprint density at radius 3 is 2.88 bits per heavy atom. The first-order valence-electron chi connectivity index (χ1n) is 8.61. The topological polar surface area (TPSA) is 69.7 Å². The van der Waals surface area contributed by atoms with Gasteiger partial charge in [0.05, 0.1) is 18.0 Å². The Kier molecular flexibility index (Phi) is 4.04. The van der Waals surface area contributed by atoms with Crippen LogP contribution < -0.4 is 5.32 Å². The van der Waals surface area contributed by atoms with Crippen molar-refractivity contribution < 1.29 is 14.4 Å². The number of carbonyl (C=O) groups excluding carboxylic acids is 3. The summed E-state index contributed by atoms with van der Waals surface area (Å²) in [5.74, 6) is -0.220. The summed E-state index contributed by atoms with van der Waals surface area (Å²) in [5.41, 5.74) is 1.32. The van der Waals surface area contributed by atoms with E-state index in [4.69, 9.17) is 0 Å². The summed E-state index contributed by atoms with van der Waals surface area (Å²) in [5, 5.41) is 2.61. The number of amides is 3. The van der Waals surface area contributed by atoms with Crippen molar-refractivity contribution in [3.8, 4) is 0 Å². The number of aryl methyl sites for hydroxylation is 2. The van der Waals surface area contributed by atoms with Crippen LogP contribution in [0.25, 0.3) is 0 Å². The van der Waals surface area contributed by atoms with Crippen LogP contribution in [0.15, 0.2) is 6.07 Å². The largest absolute Gasteiger partial charge is 0.345 e. The summed E-state index contributed by atoms with van der Waals surface area (Å²) in [6, 6.07) is 1.51. The minimum Gasteiger partial charge on any atom is -0.345 e. The van der Waals surface area contributed by atoms with Gasteiger partial charge in [0.25, 0.3) is 5.91 Å². The Balaban J connectivity index is 1.51. The number of rotatable bonds is 1. The van der Waals surface area contributed by atoms with E-state index >= 15 is 0 Å². The van der Waals surface area contributed by atoms with Crippen molar-refractivity contribution >= 4 is 29.1 Å². The third-order valence-electron chi connectivity index (χ3n) is 5.16. The summed E-state index contributed by atoms with van der Waals surface area (Å²) in [6.07, 6.45) is 5.79. The van der Waals surface area contributed by atoms with E-state index in [1.807, 2.05) is 6.07 Å². The van der Waals surface area contributed by atoms with Gasteiger partial charge in [-0.1, -0.05) is 6.42 Å². The fourth-order valence-corrected chi connectivity index (χ4v) is 5.02. The molecule has 2 fully saturated rings. The standard InChI is InChI=1S/C17H21N3O3S/c21-15-9-18-16(22)12-10-19(6-7-20(12)15)17(23)14-8-11-4-2-1-3-5-13(11)24-14/h8,12H,1-7,9-10H2,(H,18,22)/t12-/m1/s1. The minimum absolute atomic E-state index is 0.00135. The van der Waals surface area contributed by atoms with Crippen LogP contribution in [0, 0.1) is 0 Å². The van der Waals surface area contributed by atoms with Gasteiger partial charge < -0.3 is 15.1 Å². The number of hydrogen-bond acceptors (Lipinski definition) is 4. The highest BCUT2D eigenvalue weighted by Crippen LogP contribution is 2.30. The molecule has 3 heterocycles.